The van der Waals surface area contributed by atoms with Gasteiger partial charge in [0.1, 0.15) is 11.9 Å². The van der Waals surface area contributed by atoms with Crippen molar-refractivity contribution in [3.8, 4) is 5.75 Å². The fourth-order valence-electron chi connectivity index (χ4n) is 13.3. The number of rotatable bonds is 9. The molecule has 0 heterocycles. The average molecular weight is 678 g/mol. The normalized spacial score (nSPS) is 39.4. The van der Waals surface area contributed by atoms with Crippen molar-refractivity contribution in [2.45, 2.75) is 145 Å². The van der Waals surface area contributed by atoms with Gasteiger partial charge in [-0.1, -0.05) is 59.2 Å². The number of carbonyl (C=O) groups excluding carboxylic acids is 2. The fraction of sp³-hybridized carbons (Fsp3) is 0.786. The Morgan fingerprint density at radius 2 is 1.59 bits per heavy atom. The van der Waals surface area contributed by atoms with E-state index in [9.17, 15) is 19.5 Å². The van der Waals surface area contributed by atoms with Crippen LogP contribution in [0.1, 0.15) is 138 Å². The minimum Gasteiger partial charge on any atom is -0.496 e. The van der Waals surface area contributed by atoms with Crippen molar-refractivity contribution in [2.24, 2.45) is 56.2 Å². The SMILES string of the molecule is COc1ccccc1CNC(=O)C[C@]12CCC[C@@H]1[C@H]1CCC3[C@@]4(C)CC[C@H](OC(=O)CC(C)(C)C(=O)O)C(C)(C)C4CC[C@@]3(C)[C@]1(C)CC2. The van der Waals surface area contributed by atoms with Crippen molar-refractivity contribution in [3.05, 3.63) is 29.8 Å². The van der Waals surface area contributed by atoms with E-state index in [0.717, 1.165) is 37.0 Å². The lowest BCUT2D eigenvalue weighted by molar-refractivity contribution is -0.248. The number of carboxylic acids is 1. The molecule has 1 amide bonds. The molecule has 0 saturated heterocycles. The second-order valence-corrected chi connectivity index (χ2v) is 19.0. The maximum atomic E-state index is 13.6. The molecule has 7 heteroatoms. The summed E-state index contributed by atoms with van der Waals surface area (Å²) in [6.07, 6.45) is 13.0. The fourth-order valence-corrected chi connectivity index (χ4v) is 13.3. The van der Waals surface area contributed by atoms with Gasteiger partial charge < -0.3 is 19.9 Å². The van der Waals surface area contributed by atoms with Gasteiger partial charge in [0.25, 0.3) is 0 Å². The Kier molecular flexibility index (Phi) is 9.30. The maximum Gasteiger partial charge on any atom is 0.309 e. The van der Waals surface area contributed by atoms with E-state index in [4.69, 9.17) is 9.47 Å². The van der Waals surface area contributed by atoms with Gasteiger partial charge in [0.2, 0.25) is 5.91 Å². The highest BCUT2D eigenvalue weighted by Gasteiger charge is 2.70. The van der Waals surface area contributed by atoms with Crippen LogP contribution < -0.4 is 10.1 Å². The second-order valence-electron chi connectivity index (χ2n) is 19.0. The van der Waals surface area contributed by atoms with Crippen LogP contribution in [-0.4, -0.2) is 36.2 Å². The van der Waals surface area contributed by atoms with Gasteiger partial charge >= 0.3 is 11.9 Å². The number of hydrogen-bond donors (Lipinski definition) is 2. The van der Waals surface area contributed by atoms with Crippen LogP contribution >= 0.6 is 0 Å². The number of benzene rings is 1. The van der Waals surface area contributed by atoms with Crippen molar-refractivity contribution in [1.82, 2.24) is 5.32 Å². The molecule has 0 aliphatic heterocycles. The van der Waals surface area contributed by atoms with Gasteiger partial charge in [-0.05, 0) is 129 Å². The number of fused-ring (bicyclic) bond motifs is 7. The Morgan fingerprint density at radius 1 is 0.857 bits per heavy atom. The molecule has 7 nitrogen and oxygen atoms in total. The third-order valence-electron chi connectivity index (χ3n) is 16.1. The Balaban J connectivity index is 1.17. The molecule has 5 fully saturated rings. The summed E-state index contributed by atoms with van der Waals surface area (Å²) in [7, 11) is 1.68. The Hall–Kier alpha value is -2.57. The predicted octanol–water partition coefficient (Wildman–Crippen LogP) is 8.97. The summed E-state index contributed by atoms with van der Waals surface area (Å²) in [5, 5.41) is 12.8. The molecule has 5 aliphatic carbocycles. The number of aliphatic carboxylic acids is 1. The number of ether oxygens (including phenoxy) is 2. The number of nitrogens with one attached hydrogen (secondary N) is 1. The number of carbonyl (C=O) groups is 3. The zero-order valence-electron chi connectivity index (χ0n) is 31.6. The van der Waals surface area contributed by atoms with E-state index < -0.39 is 17.4 Å². The smallest absolute Gasteiger partial charge is 0.309 e. The Labute approximate surface area is 295 Å². The summed E-state index contributed by atoms with van der Waals surface area (Å²) in [5.41, 5.74) is 0.443. The van der Waals surface area contributed by atoms with E-state index in [1.54, 1.807) is 21.0 Å². The standard InChI is InChI=1S/C42H63NO6/c1-37(2,36(46)47)25-35(45)49-33-18-20-39(5)31(38(33,3)4)17-21-41(7)32(39)16-15-28-29-13-11-19-42(29,23-22-40(28,41)6)24-34(44)43-26-27-12-9-10-14-30(27)48-8/h9-10,12,14,28-29,31-33H,11,13,15-26H2,1-8H3,(H,43,44)(H,46,47)/t28-,29-,31?,32?,33+,39+,40-,41-,42-/m1/s1. The second kappa shape index (κ2) is 12.6. The highest BCUT2D eigenvalue weighted by Crippen LogP contribution is 2.77. The van der Waals surface area contributed by atoms with Crippen molar-refractivity contribution in [1.29, 1.82) is 0 Å². The molecule has 272 valence electrons. The minimum absolute atomic E-state index is 0.108. The quantitative estimate of drug-likeness (QED) is 0.253. The molecular weight excluding hydrogens is 614 g/mol. The first-order valence-electron chi connectivity index (χ1n) is 19.2. The highest BCUT2D eigenvalue weighted by atomic mass is 16.5. The van der Waals surface area contributed by atoms with Crippen molar-refractivity contribution < 1.29 is 29.0 Å². The third-order valence-corrected chi connectivity index (χ3v) is 16.1. The third kappa shape index (κ3) is 5.81. The lowest BCUT2D eigenvalue weighted by atomic mass is 9.32. The summed E-state index contributed by atoms with van der Waals surface area (Å²) in [4.78, 5) is 38.3. The molecule has 1 aromatic rings. The van der Waals surface area contributed by atoms with Crippen molar-refractivity contribution in [2.75, 3.05) is 7.11 Å². The molecule has 0 aromatic heterocycles. The largest absolute Gasteiger partial charge is 0.496 e. The van der Waals surface area contributed by atoms with Crippen LogP contribution in [0.5, 0.6) is 5.75 Å². The minimum atomic E-state index is -1.14. The number of para-hydroxylation sites is 1. The molecule has 5 saturated carbocycles. The molecule has 0 bridgehead atoms. The first-order chi connectivity index (χ1) is 22.9. The van der Waals surface area contributed by atoms with Gasteiger partial charge in [0.05, 0.1) is 18.9 Å². The number of esters is 1. The summed E-state index contributed by atoms with van der Waals surface area (Å²) in [6, 6.07) is 7.94. The monoisotopic (exact) mass is 677 g/mol. The van der Waals surface area contributed by atoms with Gasteiger partial charge in [-0.25, -0.2) is 0 Å². The molecule has 2 unspecified atom stereocenters. The van der Waals surface area contributed by atoms with Crippen molar-refractivity contribution in [3.63, 3.8) is 0 Å². The topological polar surface area (TPSA) is 102 Å². The number of amides is 1. The molecule has 5 aliphatic rings. The lowest BCUT2D eigenvalue weighted by Gasteiger charge is -2.72. The van der Waals surface area contributed by atoms with Crippen LogP contribution in [0.3, 0.4) is 0 Å². The lowest BCUT2D eigenvalue weighted by Crippen LogP contribution is -2.66. The van der Waals surface area contributed by atoms with Gasteiger partial charge in [0.15, 0.2) is 0 Å². The molecule has 0 radical (unpaired) electrons. The Bertz CT molecular complexity index is 1450. The summed E-state index contributed by atoms with van der Waals surface area (Å²) in [6.45, 7) is 16.1. The van der Waals surface area contributed by atoms with E-state index in [0.29, 0.717) is 36.6 Å². The number of methoxy groups -OCH3 is 1. The molecule has 6 rings (SSSR count). The molecule has 2 N–H and O–H groups in total. The molecule has 49 heavy (non-hydrogen) atoms. The van der Waals surface area contributed by atoms with Gasteiger partial charge in [-0.2, -0.15) is 0 Å². The molecule has 9 atom stereocenters. The summed E-state index contributed by atoms with van der Waals surface area (Å²) >= 11 is 0. The van der Waals surface area contributed by atoms with Gasteiger partial charge in [0, 0.05) is 23.9 Å². The van der Waals surface area contributed by atoms with Crippen LogP contribution in [0, 0.1) is 56.2 Å². The zero-order chi connectivity index (χ0) is 35.6. The van der Waals surface area contributed by atoms with Gasteiger partial charge in [-0.3, -0.25) is 14.4 Å². The predicted molar refractivity (Wildman–Crippen MR) is 191 cm³/mol. The average Bonchev–Trinajstić information content (AvgIpc) is 3.45. The van der Waals surface area contributed by atoms with Crippen molar-refractivity contribution >= 4 is 17.8 Å². The van der Waals surface area contributed by atoms with Crippen LogP contribution in [0.15, 0.2) is 24.3 Å². The van der Waals surface area contributed by atoms with Crippen LogP contribution in [0.25, 0.3) is 0 Å². The highest BCUT2D eigenvalue weighted by molar-refractivity contribution is 5.81. The summed E-state index contributed by atoms with van der Waals surface area (Å²) in [5.74, 6) is 1.94. The van der Waals surface area contributed by atoms with E-state index in [1.807, 2.05) is 24.3 Å². The molecule has 1 aromatic carbocycles. The van der Waals surface area contributed by atoms with Crippen LogP contribution in [0.4, 0.5) is 0 Å². The molecular formula is C42H63NO6. The van der Waals surface area contributed by atoms with E-state index >= 15 is 0 Å². The summed E-state index contributed by atoms with van der Waals surface area (Å²) < 4.78 is 11.7. The molecule has 0 spiro atoms. The number of hydrogen-bond acceptors (Lipinski definition) is 5. The van der Waals surface area contributed by atoms with Gasteiger partial charge in [-0.15, -0.1) is 0 Å². The Morgan fingerprint density at radius 3 is 2.31 bits per heavy atom. The van der Waals surface area contributed by atoms with E-state index in [2.05, 4.69) is 39.9 Å². The first kappa shape index (κ1) is 36.2. The number of carboxylic acid groups (broad SMARTS) is 1. The van der Waals surface area contributed by atoms with E-state index in [-0.39, 0.29) is 45.5 Å². The maximum absolute atomic E-state index is 13.6. The van der Waals surface area contributed by atoms with E-state index in [1.165, 1.54) is 44.9 Å². The van der Waals surface area contributed by atoms with Crippen LogP contribution in [-0.2, 0) is 25.7 Å². The zero-order valence-corrected chi connectivity index (χ0v) is 31.6. The van der Waals surface area contributed by atoms with Crippen LogP contribution in [0.2, 0.25) is 0 Å². The first-order valence-corrected chi connectivity index (χ1v) is 19.2.